The van der Waals surface area contributed by atoms with Crippen molar-refractivity contribution in [2.24, 2.45) is 17.3 Å². The molecular weight excluding hydrogens is 256 g/mol. The average Bonchev–Trinajstić information content (AvgIpc) is 2.83. The maximum Gasteiger partial charge on any atom is 0.156 e. The van der Waals surface area contributed by atoms with E-state index in [1.54, 1.807) is 11.1 Å². The van der Waals surface area contributed by atoms with Crippen LogP contribution in [0, 0.1) is 17.3 Å². The van der Waals surface area contributed by atoms with Gasteiger partial charge in [0.1, 0.15) is 0 Å². The second-order valence-electron chi connectivity index (χ2n) is 7.41. The van der Waals surface area contributed by atoms with Crippen LogP contribution in [0.4, 0.5) is 0 Å². The van der Waals surface area contributed by atoms with Gasteiger partial charge >= 0.3 is 0 Å². The molecule has 1 nitrogen and oxygen atoms in total. The summed E-state index contributed by atoms with van der Waals surface area (Å²) in [5, 5.41) is 0. The molecule has 110 valence electrons. The highest BCUT2D eigenvalue weighted by atomic mass is 16.1. The van der Waals surface area contributed by atoms with Crippen molar-refractivity contribution in [2.45, 2.75) is 51.9 Å². The van der Waals surface area contributed by atoms with Gasteiger partial charge in [-0.2, -0.15) is 0 Å². The van der Waals surface area contributed by atoms with Crippen molar-refractivity contribution in [3.05, 3.63) is 47.1 Å². The standard InChI is InChI=1S/C20H24O/c1-3-14-5-9-19-18-7-4-13-12-15(21)6-8-16(13)17(18)10-11-20(14,19)2/h3,5,12,18-19H,1,4,6-11H2,2H3/t18?,19?,20-/m1/s1. The van der Waals surface area contributed by atoms with E-state index in [1.165, 1.54) is 36.8 Å². The van der Waals surface area contributed by atoms with Crippen LogP contribution in [0.5, 0.6) is 0 Å². The fourth-order valence-electron chi connectivity index (χ4n) is 5.45. The minimum Gasteiger partial charge on any atom is -0.295 e. The predicted molar refractivity (Wildman–Crippen MR) is 85.8 cm³/mol. The van der Waals surface area contributed by atoms with Gasteiger partial charge in [-0.1, -0.05) is 31.2 Å². The van der Waals surface area contributed by atoms with Gasteiger partial charge < -0.3 is 0 Å². The molecule has 21 heavy (non-hydrogen) atoms. The maximum absolute atomic E-state index is 11.7. The predicted octanol–water partition coefficient (Wildman–Crippen LogP) is 4.91. The molecule has 0 saturated heterocycles. The summed E-state index contributed by atoms with van der Waals surface area (Å²) < 4.78 is 0. The Hall–Kier alpha value is -1.37. The summed E-state index contributed by atoms with van der Waals surface area (Å²) in [6.07, 6.45) is 14.3. The summed E-state index contributed by atoms with van der Waals surface area (Å²) in [7, 11) is 0. The van der Waals surface area contributed by atoms with Gasteiger partial charge in [0, 0.05) is 6.42 Å². The smallest absolute Gasteiger partial charge is 0.156 e. The van der Waals surface area contributed by atoms with Crippen molar-refractivity contribution in [3.8, 4) is 0 Å². The second-order valence-corrected chi connectivity index (χ2v) is 7.41. The zero-order chi connectivity index (χ0) is 14.6. The van der Waals surface area contributed by atoms with E-state index in [0.29, 0.717) is 11.2 Å². The number of ketones is 1. The van der Waals surface area contributed by atoms with Crippen LogP contribution in [-0.4, -0.2) is 5.78 Å². The van der Waals surface area contributed by atoms with E-state index in [-0.39, 0.29) is 0 Å². The lowest BCUT2D eigenvalue weighted by molar-refractivity contribution is -0.114. The Labute approximate surface area is 127 Å². The minimum absolute atomic E-state index is 0.338. The molecule has 0 radical (unpaired) electrons. The molecule has 1 saturated carbocycles. The van der Waals surface area contributed by atoms with Gasteiger partial charge in [0.25, 0.3) is 0 Å². The number of fused-ring (bicyclic) bond motifs is 4. The van der Waals surface area contributed by atoms with E-state index >= 15 is 0 Å². The fraction of sp³-hybridized carbons (Fsp3) is 0.550. The van der Waals surface area contributed by atoms with E-state index in [4.69, 9.17) is 0 Å². The average molecular weight is 280 g/mol. The number of hydrogen-bond acceptors (Lipinski definition) is 1. The molecule has 0 aromatic heterocycles. The zero-order valence-electron chi connectivity index (χ0n) is 13.0. The quantitative estimate of drug-likeness (QED) is 0.666. The lowest BCUT2D eigenvalue weighted by Crippen LogP contribution is -2.38. The van der Waals surface area contributed by atoms with Crippen molar-refractivity contribution in [2.75, 3.05) is 0 Å². The first kappa shape index (κ1) is 13.3. The molecule has 0 spiro atoms. The first-order chi connectivity index (χ1) is 10.1. The van der Waals surface area contributed by atoms with Crippen molar-refractivity contribution in [1.82, 2.24) is 0 Å². The molecule has 4 aliphatic carbocycles. The Balaban J connectivity index is 1.74. The SMILES string of the molecule is C=CC1=CCC2C3CCC4=CC(=O)CCC4=C3CC[C@]12C. The Morgan fingerprint density at radius 1 is 1.29 bits per heavy atom. The van der Waals surface area contributed by atoms with Crippen LogP contribution in [0.3, 0.4) is 0 Å². The molecule has 0 N–H and O–H groups in total. The molecule has 0 aromatic rings. The highest BCUT2D eigenvalue weighted by Gasteiger charge is 2.49. The number of carbonyl (C=O) groups excluding carboxylic acids is 1. The van der Waals surface area contributed by atoms with Crippen LogP contribution in [-0.2, 0) is 4.79 Å². The number of hydrogen-bond donors (Lipinski definition) is 0. The van der Waals surface area contributed by atoms with Crippen molar-refractivity contribution in [3.63, 3.8) is 0 Å². The fourth-order valence-corrected chi connectivity index (χ4v) is 5.45. The molecule has 0 heterocycles. The van der Waals surface area contributed by atoms with Crippen LogP contribution in [0.25, 0.3) is 0 Å². The normalized spacial score (nSPS) is 38.2. The first-order valence-electron chi connectivity index (χ1n) is 8.42. The largest absolute Gasteiger partial charge is 0.295 e. The summed E-state index contributed by atoms with van der Waals surface area (Å²) in [6.45, 7) is 6.48. The van der Waals surface area contributed by atoms with Gasteiger partial charge in [-0.3, -0.25) is 4.79 Å². The minimum atomic E-state index is 0.338. The second kappa shape index (κ2) is 4.56. The van der Waals surface area contributed by atoms with E-state index in [1.807, 2.05) is 6.08 Å². The Morgan fingerprint density at radius 2 is 2.14 bits per heavy atom. The lowest BCUT2D eigenvalue weighted by atomic mass is 9.56. The third kappa shape index (κ3) is 1.79. The lowest BCUT2D eigenvalue weighted by Gasteiger charge is -2.48. The van der Waals surface area contributed by atoms with Crippen LogP contribution >= 0.6 is 0 Å². The highest BCUT2D eigenvalue weighted by Crippen LogP contribution is 2.60. The molecule has 4 aliphatic rings. The van der Waals surface area contributed by atoms with E-state index in [2.05, 4.69) is 25.7 Å². The van der Waals surface area contributed by atoms with Crippen molar-refractivity contribution in [1.29, 1.82) is 0 Å². The number of allylic oxidation sites excluding steroid dienone is 7. The molecule has 4 rings (SSSR count). The van der Waals surface area contributed by atoms with Crippen molar-refractivity contribution >= 4 is 5.78 Å². The summed E-state index contributed by atoms with van der Waals surface area (Å²) >= 11 is 0. The molecule has 1 fully saturated rings. The summed E-state index contributed by atoms with van der Waals surface area (Å²) in [5.41, 5.74) is 6.48. The zero-order valence-corrected chi connectivity index (χ0v) is 13.0. The molecule has 0 amide bonds. The van der Waals surface area contributed by atoms with Crippen LogP contribution < -0.4 is 0 Å². The molecule has 2 unspecified atom stereocenters. The molecule has 0 bridgehead atoms. The van der Waals surface area contributed by atoms with Crippen LogP contribution in [0.2, 0.25) is 0 Å². The van der Waals surface area contributed by atoms with Crippen LogP contribution in [0.15, 0.2) is 47.1 Å². The van der Waals surface area contributed by atoms with Crippen molar-refractivity contribution < 1.29 is 4.79 Å². The van der Waals surface area contributed by atoms with Crippen LogP contribution in [0.1, 0.15) is 51.9 Å². The van der Waals surface area contributed by atoms with E-state index in [0.717, 1.165) is 31.1 Å². The Morgan fingerprint density at radius 3 is 2.95 bits per heavy atom. The number of carbonyl (C=O) groups is 1. The van der Waals surface area contributed by atoms with E-state index in [9.17, 15) is 4.79 Å². The van der Waals surface area contributed by atoms with Gasteiger partial charge in [-0.15, -0.1) is 0 Å². The van der Waals surface area contributed by atoms with Gasteiger partial charge in [0.15, 0.2) is 5.78 Å². The third-order valence-corrected chi connectivity index (χ3v) is 6.59. The monoisotopic (exact) mass is 280 g/mol. The third-order valence-electron chi connectivity index (χ3n) is 6.59. The molecule has 3 atom stereocenters. The van der Waals surface area contributed by atoms with Gasteiger partial charge in [-0.05, 0) is 78.6 Å². The molecular formula is C20H24O. The molecule has 1 heteroatoms. The molecule has 0 aromatic carbocycles. The maximum atomic E-state index is 11.7. The van der Waals surface area contributed by atoms with Gasteiger partial charge in [-0.25, -0.2) is 0 Å². The topological polar surface area (TPSA) is 17.1 Å². The van der Waals surface area contributed by atoms with E-state index < -0.39 is 0 Å². The Bertz CT molecular complexity index is 616. The summed E-state index contributed by atoms with van der Waals surface area (Å²) in [6, 6.07) is 0. The van der Waals surface area contributed by atoms with Gasteiger partial charge in [0.2, 0.25) is 0 Å². The molecule has 0 aliphatic heterocycles. The first-order valence-corrected chi connectivity index (χ1v) is 8.42. The number of rotatable bonds is 1. The summed E-state index contributed by atoms with van der Waals surface area (Å²) in [5.74, 6) is 1.85. The Kier molecular flexibility index (Phi) is 2.89. The highest BCUT2D eigenvalue weighted by molar-refractivity contribution is 5.93. The summed E-state index contributed by atoms with van der Waals surface area (Å²) in [4.78, 5) is 11.7. The van der Waals surface area contributed by atoms with Gasteiger partial charge in [0.05, 0.1) is 0 Å².